The van der Waals surface area contributed by atoms with Gasteiger partial charge >= 0.3 is 0 Å². The summed E-state index contributed by atoms with van der Waals surface area (Å²) in [5, 5.41) is 6.45. The number of thiazole rings is 1. The molecule has 0 aliphatic carbocycles. The van der Waals surface area contributed by atoms with E-state index in [-0.39, 0.29) is 17.6 Å². The van der Waals surface area contributed by atoms with Gasteiger partial charge in [0.25, 0.3) is 5.56 Å². The van der Waals surface area contributed by atoms with Crippen LogP contribution in [-0.2, 0) is 21.8 Å². The fraction of sp³-hybridized carbons (Fsp3) is 0.368. The highest BCUT2D eigenvalue weighted by Crippen LogP contribution is 2.26. The number of nitrogens with one attached hydrogen (secondary N) is 1. The Balaban J connectivity index is 1.61. The van der Waals surface area contributed by atoms with E-state index in [1.165, 1.54) is 30.0 Å². The molecule has 4 rings (SSSR count). The van der Waals surface area contributed by atoms with Crippen LogP contribution in [0.15, 0.2) is 39.6 Å². The van der Waals surface area contributed by atoms with Crippen LogP contribution in [0.3, 0.4) is 0 Å². The second-order valence-electron chi connectivity index (χ2n) is 6.58. The predicted molar refractivity (Wildman–Crippen MR) is 111 cm³/mol. The number of fused-ring (bicyclic) bond motifs is 1. The van der Waals surface area contributed by atoms with E-state index >= 15 is 0 Å². The number of thioether (sulfide) groups is 1. The maximum atomic E-state index is 13.1. The Morgan fingerprint density at radius 3 is 3.04 bits per heavy atom. The number of ether oxygens (including phenoxy) is 1. The minimum Gasteiger partial charge on any atom is -0.376 e. The van der Waals surface area contributed by atoms with Crippen molar-refractivity contribution in [2.45, 2.75) is 43.3 Å². The highest BCUT2D eigenvalue weighted by atomic mass is 32.2. The molecular weight excluding hydrogens is 396 g/mol. The van der Waals surface area contributed by atoms with Crippen molar-refractivity contribution >= 4 is 45.0 Å². The molecule has 1 fully saturated rings. The molecule has 0 radical (unpaired) electrons. The average Bonchev–Trinajstić information content (AvgIpc) is 3.34. The zero-order chi connectivity index (χ0) is 19.5. The summed E-state index contributed by atoms with van der Waals surface area (Å²) in [5.74, 6) is 0.419. The molecule has 2 aromatic heterocycles. The van der Waals surface area contributed by atoms with Gasteiger partial charge in [0, 0.05) is 24.7 Å². The Kier molecular flexibility index (Phi) is 5.74. The molecule has 1 aromatic carbocycles. The van der Waals surface area contributed by atoms with E-state index in [4.69, 9.17) is 9.72 Å². The second-order valence-corrected chi connectivity index (χ2v) is 8.38. The zero-order valence-electron chi connectivity index (χ0n) is 15.4. The molecule has 0 saturated carbocycles. The van der Waals surface area contributed by atoms with Crippen molar-refractivity contribution in [2.24, 2.45) is 0 Å². The smallest absolute Gasteiger partial charge is 0.262 e. The molecule has 1 amide bonds. The predicted octanol–water partition coefficient (Wildman–Crippen LogP) is 3.28. The number of carbonyl (C=O) groups excluding carboxylic acids is 1. The van der Waals surface area contributed by atoms with Gasteiger partial charge in [0.05, 0.1) is 29.2 Å². The van der Waals surface area contributed by atoms with Gasteiger partial charge < -0.3 is 10.1 Å². The number of hydrogen-bond acceptors (Lipinski definition) is 7. The van der Waals surface area contributed by atoms with Crippen LogP contribution >= 0.6 is 23.1 Å². The van der Waals surface area contributed by atoms with E-state index in [9.17, 15) is 9.59 Å². The van der Waals surface area contributed by atoms with Crippen LogP contribution in [-0.4, -0.2) is 33.2 Å². The van der Waals surface area contributed by atoms with Crippen molar-refractivity contribution in [1.82, 2.24) is 14.5 Å². The number of rotatable bonds is 6. The summed E-state index contributed by atoms with van der Waals surface area (Å²) in [6, 6.07) is 7.40. The van der Waals surface area contributed by atoms with Crippen molar-refractivity contribution in [1.29, 1.82) is 0 Å². The fourth-order valence-corrected chi connectivity index (χ4v) is 4.89. The average molecular weight is 417 g/mol. The summed E-state index contributed by atoms with van der Waals surface area (Å²) in [6.07, 6.45) is 2.02. The lowest BCUT2D eigenvalue weighted by molar-refractivity contribution is -0.114. The fourth-order valence-electron chi connectivity index (χ4n) is 3.13. The summed E-state index contributed by atoms with van der Waals surface area (Å²) in [7, 11) is 0. The lowest BCUT2D eigenvalue weighted by Crippen LogP contribution is -2.28. The van der Waals surface area contributed by atoms with Gasteiger partial charge in [-0.1, -0.05) is 23.9 Å². The van der Waals surface area contributed by atoms with Crippen LogP contribution < -0.4 is 10.9 Å². The van der Waals surface area contributed by atoms with Crippen molar-refractivity contribution < 1.29 is 9.53 Å². The molecular formula is C19H20N4O3S2. The Bertz CT molecular complexity index is 1060. The van der Waals surface area contributed by atoms with Crippen LogP contribution in [0.2, 0.25) is 0 Å². The lowest BCUT2D eigenvalue weighted by Gasteiger charge is -2.16. The van der Waals surface area contributed by atoms with Crippen molar-refractivity contribution in [3.63, 3.8) is 0 Å². The minimum atomic E-state index is -0.143. The first-order valence-corrected chi connectivity index (χ1v) is 10.9. The molecule has 0 spiro atoms. The van der Waals surface area contributed by atoms with Crippen molar-refractivity contribution in [2.75, 3.05) is 11.9 Å². The quantitative estimate of drug-likeness (QED) is 0.490. The zero-order valence-corrected chi connectivity index (χ0v) is 17.0. The normalized spacial score (nSPS) is 16.5. The van der Waals surface area contributed by atoms with E-state index in [1.807, 2.05) is 29.6 Å². The monoisotopic (exact) mass is 416 g/mol. The molecule has 1 atom stereocenters. The number of carbonyl (C=O) groups is 1. The number of nitrogens with zero attached hydrogens (tertiary/aromatic N) is 3. The summed E-state index contributed by atoms with van der Waals surface area (Å²) >= 11 is 2.86. The van der Waals surface area contributed by atoms with E-state index < -0.39 is 0 Å². The molecule has 0 bridgehead atoms. The van der Waals surface area contributed by atoms with Crippen LogP contribution in [0.4, 0.5) is 5.13 Å². The van der Waals surface area contributed by atoms with Gasteiger partial charge in [0.1, 0.15) is 0 Å². The molecule has 1 aliphatic rings. The van der Waals surface area contributed by atoms with Gasteiger partial charge in [-0.2, -0.15) is 0 Å². The molecule has 3 aromatic rings. The SMILES string of the molecule is CC(=O)Nc1nc(CSc2nc3ccccc3c(=O)n2CC2CCCO2)cs1. The topological polar surface area (TPSA) is 86.1 Å². The first-order chi connectivity index (χ1) is 13.6. The molecule has 3 heterocycles. The van der Waals surface area contributed by atoms with Crippen LogP contribution in [0.25, 0.3) is 10.9 Å². The number of amides is 1. The van der Waals surface area contributed by atoms with Crippen LogP contribution in [0, 0.1) is 0 Å². The first kappa shape index (κ1) is 19.1. The van der Waals surface area contributed by atoms with Gasteiger partial charge in [0.15, 0.2) is 10.3 Å². The summed E-state index contributed by atoms with van der Waals surface area (Å²) in [5.41, 5.74) is 1.49. The number of aromatic nitrogens is 3. The van der Waals surface area contributed by atoms with Crippen LogP contribution in [0.5, 0.6) is 0 Å². The standard InChI is InChI=1S/C19H20N4O3S2/c1-12(24)20-18-21-13(10-27-18)11-28-19-22-16-7-3-2-6-15(16)17(25)23(19)9-14-5-4-8-26-14/h2-3,6-7,10,14H,4-5,8-9,11H2,1H3,(H,20,21,24). The highest BCUT2D eigenvalue weighted by Gasteiger charge is 2.20. The first-order valence-electron chi connectivity index (χ1n) is 9.06. The van der Waals surface area contributed by atoms with E-state index in [2.05, 4.69) is 10.3 Å². The van der Waals surface area contributed by atoms with E-state index in [0.29, 0.717) is 33.5 Å². The molecule has 146 valence electrons. The third kappa shape index (κ3) is 4.26. The number of benzene rings is 1. The van der Waals surface area contributed by atoms with Gasteiger partial charge in [0.2, 0.25) is 5.91 Å². The minimum absolute atomic E-state index is 0.0409. The Morgan fingerprint density at radius 2 is 2.25 bits per heavy atom. The third-order valence-electron chi connectivity index (χ3n) is 4.42. The largest absolute Gasteiger partial charge is 0.376 e. The van der Waals surface area contributed by atoms with Crippen molar-refractivity contribution in [3.8, 4) is 0 Å². The van der Waals surface area contributed by atoms with Crippen LogP contribution in [0.1, 0.15) is 25.5 Å². The third-order valence-corrected chi connectivity index (χ3v) is 6.24. The summed E-state index contributed by atoms with van der Waals surface area (Å²) in [4.78, 5) is 33.4. The van der Waals surface area contributed by atoms with Gasteiger partial charge in [-0.25, -0.2) is 9.97 Å². The number of hydrogen-bond donors (Lipinski definition) is 1. The second kappa shape index (κ2) is 8.42. The lowest BCUT2D eigenvalue weighted by atomic mass is 10.2. The van der Waals surface area contributed by atoms with Crippen molar-refractivity contribution in [3.05, 3.63) is 45.7 Å². The number of anilines is 1. The molecule has 28 heavy (non-hydrogen) atoms. The Hall–Kier alpha value is -2.23. The molecule has 1 saturated heterocycles. The molecule has 7 nitrogen and oxygen atoms in total. The molecule has 9 heteroatoms. The van der Waals surface area contributed by atoms with E-state index in [1.54, 1.807) is 4.57 Å². The molecule has 1 aliphatic heterocycles. The molecule has 1 N–H and O–H groups in total. The maximum Gasteiger partial charge on any atom is 0.262 e. The maximum absolute atomic E-state index is 13.1. The summed E-state index contributed by atoms with van der Waals surface area (Å²) < 4.78 is 7.46. The Morgan fingerprint density at radius 1 is 1.39 bits per heavy atom. The van der Waals surface area contributed by atoms with Gasteiger partial charge in [-0.15, -0.1) is 11.3 Å². The molecule has 1 unspecified atom stereocenters. The Labute approximate surface area is 170 Å². The van der Waals surface area contributed by atoms with E-state index in [0.717, 1.165) is 25.1 Å². The number of para-hydroxylation sites is 1. The van der Waals surface area contributed by atoms with Gasteiger partial charge in [-0.05, 0) is 25.0 Å². The highest BCUT2D eigenvalue weighted by molar-refractivity contribution is 7.98. The van der Waals surface area contributed by atoms with Gasteiger partial charge in [-0.3, -0.25) is 14.2 Å². The summed E-state index contributed by atoms with van der Waals surface area (Å²) in [6.45, 7) is 2.71.